The van der Waals surface area contributed by atoms with Crippen LogP contribution in [-0.2, 0) is 9.59 Å². The van der Waals surface area contributed by atoms with Crippen molar-refractivity contribution in [2.45, 2.75) is 24.5 Å². The zero-order chi connectivity index (χ0) is 15.7. The molecule has 9 heteroatoms. The smallest absolute Gasteiger partial charge is 0.268 e. The molecule has 2 saturated heterocycles. The Morgan fingerprint density at radius 3 is 2.43 bits per heavy atom. The van der Waals surface area contributed by atoms with E-state index in [2.05, 4.69) is 16.8 Å². The normalized spacial score (nSPS) is 30.1. The number of hydrogen-bond acceptors (Lipinski definition) is 7. The summed E-state index contributed by atoms with van der Waals surface area (Å²) in [5.74, 6) is -0.466. The third-order valence-corrected chi connectivity index (χ3v) is 4.88. The molecule has 2 unspecified atom stereocenters. The van der Waals surface area contributed by atoms with Gasteiger partial charge < -0.3 is 5.11 Å². The Labute approximate surface area is 131 Å². The predicted molar refractivity (Wildman–Crippen MR) is 84.8 cm³/mol. The van der Waals surface area contributed by atoms with E-state index in [1.807, 2.05) is 6.92 Å². The van der Waals surface area contributed by atoms with Crippen LogP contribution in [0.1, 0.15) is 13.8 Å². The lowest BCUT2D eigenvalue weighted by molar-refractivity contribution is -0.130. The van der Waals surface area contributed by atoms with Crippen LogP contribution in [0.5, 0.6) is 0 Å². The van der Waals surface area contributed by atoms with E-state index in [-0.39, 0.29) is 11.2 Å². The van der Waals surface area contributed by atoms with Crippen LogP contribution in [0.25, 0.3) is 0 Å². The van der Waals surface area contributed by atoms with E-state index in [1.54, 1.807) is 6.92 Å². The second kappa shape index (κ2) is 6.20. The number of amides is 2. The summed E-state index contributed by atoms with van der Waals surface area (Å²) in [6.45, 7) is 7.83. The molecule has 114 valence electrons. The van der Waals surface area contributed by atoms with Crippen molar-refractivity contribution in [3.63, 3.8) is 0 Å². The van der Waals surface area contributed by atoms with Crippen LogP contribution < -0.4 is 0 Å². The van der Waals surface area contributed by atoms with Crippen LogP contribution in [0, 0.1) is 0 Å². The Hall–Kier alpha value is -1.32. The minimum atomic E-state index is -1.14. The number of aliphatic hydroxyl groups is 1. The van der Waals surface area contributed by atoms with Crippen molar-refractivity contribution in [1.82, 2.24) is 9.80 Å². The molecule has 2 heterocycles. The van der Waals surface area contributed by atoms with Crippen molar-refractivity contribution < 1.29 is 14.7 Å². The van der Waals surface area contributed by atoms with Gasteiger partial charge in [0.15, 0.2) is 15.8 Å². The molecule has 2 aliphatic heterocycles. The SMILES string of the molecule is C=C(C)CN1C(=O)C(C)S/C1=N\N=C1/SC(O)C(=O)N1C. The van der Waals surface area contributed by atoms with Crippen molar-refractivity contribution >= 4 is 45.7 Å². The Balaban J connectivity index is 2.21. The summed E-state index contributed by atoms with van der Waals surface area (Å²) >= 11 is 2.24. The van der Waals surface area contributed by atoms with Crippen molar-refractivity contribution in [1.29, 1.82) is 0 Å². The van der Waals surface area contributed by atoms with Crippen LogP contribution in [0.15, 0.2) is 22.4 Å². The number of carbonyl (C=O) groups is 2. The van der Waals surface area contributed by atoms with Gasteiger partial charge in [-0.05, 0) is 25.6 Å². The topological polar surface area (TPSA) is 85.6 Å². The maximum atomic E-state index is 12.0. The Bertz CT molecular complexity index is 561. The molecule has 0 bridgehead atoms. The quantitative estimate of drug-likeness (QED) is 0.608. The van der Waals surface area contributed by atoms with E-state index in [0.717, 1.165) is 17.3 Å². The average molecular weight is 328 g/mol. The van der Waals surface area contributed by atoms with Gasteiger partial charge in [0.05, 0.1) is 5.25 Å². The van der Waals surface area contributed by atoms with Crippen molar-refractivity contribution in [3.05, 3.63) is 12.2 Å². The number of aliphatic hydroxyl groups excluding tert-OH is 1. The molecule has 21 heavy (non-hydrogen) atoms. The average Bonchev–Trinajstić information content (AvgIpc) is 2.81. The number of hydrogen-bond donors (Lipinski definition) is 1. The number of rotatable bonds is 3. The number of amidine groups is 2. The maximum absolute atomic E-state index is 12.0. The van der Waals surface area contributed by atoms with Gasteiger partial charge in [-0.25, -0.2) is 0 Å². The molecule has 1 N–H and O–H groups in total. The van der Waals surface area contributed by atoms with E-state index >= 15 is 0 Å². The van der Waals surface area contributed by atoms with E-state index in [0.29, 0.717) is 16.9 Å². The first kappa shape index (κ1) is 16.1. The molecule has 2 atom stereocenters. The van der Waals surface area contributed by atoms with E-state index in [9.17, 15) is 14.7 Å². The van der Waals surface area contributed by atoms with Gasteiger partial charge >= 0.3 is 0 Å². The van der Waals surface area contributed by atoms with Crippen LogP contribution >= 0.6 is 23.5 Å². The van der Waals surface area contributed by atoms with E-state index in [1.165, 1.54) is 28.6 Å². The lowest BCUT2D eigenvalue weighted by Gasteiger charge is -2.15. The minimum Gasteiger partial charge on any atom is -0.373 e. The van der Waals surface area contributed by atoms with Gasteiger partial charge in [-0.1, -0.05) is 23.9 Å². The zero-order valence-corrected chi connectivity index (χ0v) is 13.6. The summed E-state index contributed by atoms with van der Waals surface area (Å²) < 4.78 is 0. The second-order valence-corrected chi connectivity index (χ2v) is 7.13. The lowest BCUT2D eigenvalue weighted by atomic mass is 10.3. The van der Waals surface area contributed by atoms with Gasteiger partial charge in [0.1, 0.15) is 0 Å². The fourth-order valence-electron chi connectivity index (χ4n) is 1.74. The lowest BCUT2D eigenvalue weighted by Crippen LogP contribution is -2.32. The molecule has 2 rings (SSSR count). The summed E-state index contributed by atoms with van der Waals surface area (Å²) in [5.41, 5.74) is -0.298. The van der Waals surface area contributed by atoms with Gasteiger partial charge in [0.25, 0.3) is 5.91 Å². The van der Waals surface area contributed by atoms with Gasteiger partial charge in [-0.3, -0.25) is 19.4 Å². The van der Waals surface area contributed by atoms with E-state index in [4.69, 9.17) is 0 Å². The van der Waals surface area contributed by atoms with Crippen LogP contribution in [0.3, 0.4) is 0 Å². The Morgan fingerprint density at radius 1 is 1.29 bits per heavy atom. The molecule has 0 aromatic carbocycles. The molecule has 2 amide bonds. The molecule has 0 aliphatic carbocycles. The molecule has 0 saturated carbocycles. The molecule has 0 aromatic heterocycles. The van der Waals surface area contributed by atoms with Crippen LogP contribution in [-0.4, -0.2) is 61.3 Å². The summed E-state index contributed by atoms with van der Waals surface area (Å²) in [5, 5.41) is 18.1. The monoisotopic (exact) mass is 328 g/mol. The van der Waals surface area contributed by atoms with Gasteiger partial charge in [0.2, 0.25) is 5.91 Å². The first-order valence-electron chi connectivity index (χ1n) is 6.21. The van der Waals surface area contributed by atoms with Gasteiger partial charge in [0, 0.05) is 13.6 Å². The van der Waals surface area contributed by atoms with Crippen molar-refractivity contribution in [2.75, 3.05) is 13.6 Å². The third-order valence-electron chi connectivity index (χ3n) is 2.82. The standard InChI is InChI=1S/C12H16N4O3S2/c1-6(2)5-16-8(17)7(3)20-12(16)14-13-11-15(4)9(18)10(19)21-11/h7,10,19H,1,5H2,2-4H3/b13-11-,14-12-. The van der Waals surface area contributed by atoms with Crippen molar-refractivity contribution in [2.24, 2.45) is 10.2 Å². The minimum absolute atomic E-state index is 0.0366. The summed E-state index contributed by atoms with van der Waals surface area (Å²) in [6.07, 6.45) is 0. The first-order chi connectivity index (χ1) is 9.81. The number of carbonyl (C=O) groups excluding carboxylic acids is 2. The molecule has 0 radical (unpaired) electrons. The number of nitrogens with zero attached hydrogens (tertiary/aromatic N) is 4. The fourth-order valence-corrected chi connectivity index (χ4v) is 3.45. The predicted octanol–water partition coefficient (Wildman–Crippen LogP) is 0.677. The van der Waals surface area contributed by atoms with Crippen LogP contribution in [0.4, 0.5) is 0 Å². The molecular formula is C12H16N4O3S2. The highest BCUT2D eigenvalue weighted by Crippen LogP contribution is 2.28. The highest BCUT2D eigenvalue weighted by Gasteiger charge is 2.36. The molecule has 2 aliphatic rings. The Kier molecular flexibility index (Phi) is 4.74. The maximum Gasteiger partial charge on any atom is 0.268 e. The fraction of sp³-hybridized carbons (Fsp3) is 0.500. The van der Waals surface area contributed by atoms with Crippen LogP contribution in [0.2, 0.25) is 0 Å². The van der Waals surface area contributed by atoms with E-state index < -0.39 is 11.3 Å². The highest BCUT2D eigenvalue weighted by atomic mass is 32.2. The first-order valence-corrected chi connectivity index (χ1v) is 7.97. The van der Waals surface area contributed by atoms with Gasteiger partial charge in [-0.15, -0.1) is 10.2 Å². The Morgan fingerprint density at radius 2 is 1.90 bits per heavy atom. The molecule has 0 aromatic rings. The summed E-state index contributed by atoms with van der Waals surface area (Å²) in [7, 11) is 1.52. The second-order valence-electron chi connectivity index (χ2n) is 4.77. The summed E-state index contributed by atoms with van der Waals surface area (Å²) in [6, 6.07) is 0. The van der Waals surface area contributed by atoms with Gasteiger partial charge in [-0.2, -0.15) is 0 Å². The molecule has 7 nitrogen and oxygen atoms in total. The zero-order valence-electron chi connectivity index (χ0n) is 11.9. The highest BCUT2D eigenvalue weighted by molar-refractivity contribution is 8.15. The van der Waals surface area contributed by atoms with Crippen molar-refractivity contribution in [3.8, 4) is 0 Å². The number of likely N-dealkylation sites (N-methyl/N-ethyl adjacent to an activating group) is 1. The molecule has 0 spiro atoms. The molecule has 2 fully saturated rings. The number of thioether (sulfide) groups is 2. The largest absolute Gasteiger partial charge is 0.373 e. The third kappa shape index (κ3) is 3.30. The molecular weight excluding hydrogens is 312 g/mol. The summed E-state index contributed by atoms with van der Waals surface area (Å²) in [4.78, 5) is 26.3.